The van der Waals surface area contributed by atoms with Crippen LogP contribution in [0.3, 0.4) is 0 Å². The third-order valence-electron chi connectivity index (χ3n) is 6.05. The second-order valence-electron chi connectivity index (χ2n) is 8.32. The van der Waals surface area contributed by atoms with Crippen molar-refractivity contribution in [2.45, 2.75) is 26.3 Å². The van der Waals surface area contributed by atoms with Crippen molar-refractivity contribution in [2.75, 3.05) is 11.9 Å². The van der Waals surface area contributed by atoms with Crippen LogP contribution in [0.2, 0.25) is 5.02 Å². The third kappa shape index (κ3) is 4.72. The molecule has 0 bridgehead atoms. The van der Waals surface area contributed by atoms with E-state index in [1.807, 2.05) is 30.3 Å². The van der Waals surface area contributed by atoms with Gasteiger partial charge in [0, 0.05) is 42.2 Å². The maximum atomic E-state index is 15.0. The maximum Gasteiger partial charge on any atom is 0.322 e. The van der Waals surface area contributed by atoms with E-state index in [4.69, 9.17) is 21.6 Å². The molecule has 5 rings (SSSR count). The van der Waals surface area contributed by atoms with Gasteiger partial charge in [-0.05, 0) is 48.4 Å². The Morgan fingerprint density at radius 3 is 2.77 bits per heavy atom. The highest BCUT2D eigenvalue weighted by atomic mass is 35.5. The molecular weight excluding hydrogens is 465 g/mol. The SMILES string of the molecule is CCc1cccc(NC(=O)N2CCc3nc(-c4cccnc4)nc(-c4c(F)cccc4Cl)c3C2)c1. The van der Waals surface area contributed by atoms with Crippen molar-refractivity contribution in [3.63, 3.8) is 0 Å². The quantitative estimate of drug-likeness (QED) is 0.374. The number of carbonyl (C=O) groups excluding carboxylic acids is 1. The van der Waals surface area contributed by atoms with Crippen LogP contribution < -0.4 is 5.32 Å². The lowest BCUT2D eigenvalue weighted by Gasteiger charge is -2.30. The highest BCUT2D eigenvalue weighted by Crippen LogP contribution is 2.36. The number of carbonyl (C=O) groups is 1. The van der Waals surface area contributed by atoms with E-state index in [-0.39, 0.29) is 23.2 Å². The molecule has 0 atom stereocenters. The number of urea groups is 1. The number of hydrogen-bond acceptors (Lipinski definition) is 4. The van der Waals surface area contributed by atoms with Gasteiger partial charge >= 0.3 is 6.03 Å². The van der Waals surface area contributed by atoms with Gasteiger partial charge in [0.2, 0.25) is 0 Å². The molecule has 0 spiro atoms. The highest BCUT2D eigenvalue weighted by Gasteiger charge is 2.28. The Kier molecular flexibility index (Phi) is 6.42. The first kappa shape index (κ1) is 22.9. The zero-order valence-corrected chi connectivity index (χ0v) is 19.9. The first-order chi connectivity index (χ1) is 17.0. The lowest BCUT2D eigenvalue weighted by Crippen LogP contribution is -2.39. The Balaban J connectivity index is 1.53. The van der Waals surface area contributed by atoms with E-state index in [0.29, 0.717) is 30.0 Å². The van der Waals surface area contributed by atoms with E-state index in [1.54, 1.807) is 35.5 Å². The molecule has 35 heavy (non-hydrogen) atoms. The molecule has 4 aromatic rings. The Bertz CT molecular complexity index is 1380. The second-order valence-corrected chi connectivity index (χ2v) is 8.72. The van der Waals surface area contributed by atoms with Crippen LogP contribution in [0, 0.1) is 5.82 Å². The molecule has 1 N–H and O–H groups in total. The number of hydrogen-bond donors (Lipinski definition) is 1. The summed E-state index contributed by atoms with van der Waals surface area (Å²) in [5.74, 6) is -0.0334. The van der Waals surface area contributed by atoms with Gasteiger partial charge in [-0.25, -0.2) is 19.2 Å². The molecule has 0 radical (unpaired) electrons. The fraction of sp³-hybridized carbons (Fsp3) is 0.185. The Morgan fingerprint density at radius 2 is 2.00 bits per heavy atom. The average molecular weight is 488 g/mol. The molecule has 2 aromatic carbocycles. The number of anilines is 1. The highest BCUT2D eigenvalue weighted by molar-refractivity contribution is 6.33. The van der Waals surface area contributed by atoms with Crippen LogP contribution in [0.25, 0.3) is 22.6 Å². The van der Waals surface area contributed by atoms with Crippen molar-refractivity contribution >= 4 is 23.3 Å². The van der Waals surface area contributed by atoms with Crippen molar-refractivity contribution in [3.05, 3.63) is 94.7 Å². The molecule has 2 aromatic heterocycles. The summed E-state index contributed by atoms with van der Waals surface area (Å²) in [6, 6.07) is 15.7. The van der Waals surface area contributed by atoms with Gasteiger partial charge in [0.1, 0.15) is 5.82 Å². The summed E-state index contributed by atoms with van der Waals surface area (Å²) in [5.41, 5.74) is 4.65. The van der Waals surface area contributed by atoms with Crippen molar-refractivity contribution in [1.29, 1.82) is 0 Å². The number of halogens is 2. The number of rotatable bonds is 4. The van der Waals surface area contributed by atoms with Gasteiger partial charge in [-0.15, -0.1) is 0 Å². The number of amides is 2. The number of aryl methyl sites for hydroxylation is 1. The monoisotopic (exact) mass is 487 g/mol. The summed E-state index contributed by atoms with van der Waals surface area (Å²) >= 11 is 6.43. The summed E-state index contributed by atoms with van der Waals surface area (Å²) in [6.07, 6.45) is 4.72. The summed E-state index contributed by atoms with van der Waals surface area (Å²) in [7, 11) is 0. The molecule has 0 unspecified atom stereocenters. The van der Waals surface area contributed by atoms with Crippen LogP contribution in [0.15, 0.2) is 67.0 Å². The molecule has 3 heterocycles. The molecule has 0 saturated carbocycles. The number of aromatic nitrogens is 3. The van der Waals surface area contributed by atoms with Crippen LogP contribution in [0.4, 0.5) is 14.9 Å². The van der Waals surface area contributed by atoms with Gasteiger partial charge in [-0.3, -0.25) is 4.98 Å². The van der Waals surface area contributed by atoms with Gasteiger partial charge in [-0.1, -0.05) is 36.7 Å². The normalized spacial score (nSPS) is 12.8. The molecule has 2 amide bonds. The minimum atomic E-state index is -0.478. The minimum absolute atomic E-state index is 0.205. The smallest absolute Gasteiger partial charge is 0.320 e. The summed E-state index contributed by atoms with van der Waals surface area (Å²) in [4.78, 5) is 28.4. The first-order valence-corrected chi connectivity index (χ1v) is 11.8. The van der Waals surface area contributed by atoms with Gasteiger partial charge in [0.15, 0.2) is 5.82 Å². The number of benzene rings is 2. The van der Waals surface area contributed by atoms with Crippen molar-refractivity contribution in [3.8, 4) is 22.6 Å². The molecule has 0 fully saturated rings. The number of nitrogens with one attached hydrogen (secondary N) is 1. The minimum Gasteiger partial charge on any atom is -0.320 e. The maximum absolute atomic E-state index is 15.0. The summed E-state index contributed by atoms with van der Waals surface area (Å²) in [5, 5.41) is 3.23. The van der Waals surface area contributed by atoms with Gasteiger partial charge < -0.3 is 10.2 Å². The summed E-state index contributed by atoms with van der Waals surface area (Å²) in [6.45, 7) is 2.78. The Hall–Kier alpha value is -3.84. The molecular formula is C27H23ClFN5O. The fourth-order valence-corrected chi connectivity index (χ4v) is 4.47. The van der Waals surface area contributed by atoms with Crippen LogP contribution >= 0.6 is 11.6 Å². The molecule has 1 aliphatic rings. The van der Waals surface area contributed by atoms with E-state index in [0.717, 1.165) is 28.9 Å². The molecule has 6 nitrogen and oxygen atoms in total. The van der Waals surface area contributed by atoms with Crippen molar-refractivity contribution in [2.24, 2.45) is 0 Å². The fourth-order valence-electron chi connectivity index (χ4n) is 4.21. The Morgan fingerprint density at radius 1 is 1.14 bits per heavy atom. The first-order valence-electron chi connectivity index (χ1n) is 11.4. The molecule has 0 aliphatic carbocycles. The second kappa shape index (κ2) is 9.80. The zero-order chi connectivity index (χ0) is 24.4. The Labute approximate surface area is 207 Å². The van der Waals surface area contributed by atoms with E-state index in [1.165, 1.54) is 6.07 Å². The van der Waals surface area contributed by atoms with Gasteiger partial charge in [-0.2, -0.15) is 0 Å². The predicted molar refractivity (Wildman–Crippen MR) is 135 cm³/mol. The average Bonchev–Trinajstić information content (AvgIpc) is 2.88. The molecule has 0 saturated heterocycles. The van der Waals surface area contributed by atoms with E-state index < -0.39 is 5.82 Å². The van der Waals surface area contributed by atoms with Crippen LogP contribution in [0.1, 0.15) is 23.7 Å². The van der Waals surface area contributed by atoms with Gasteiger partial charge in [0.05, 0.1) is 28.5 Å². The van der Waals surface area contributed by atoms with Crippen LogP contribution in [-0.4, -0.2) is 32.4 Å². The lowest BCUT2D eigenvalue weighted by atomic mass is 9.98. The van der Waals surface area contributed by atoms with E-state index in [2.05, 4.69) is 17.2 Å². The number of nitrogens with zero attached hydrogens (tertiary/aromatic N) is 4. The van der Waals surface area contributed by atoms with E-state index >= 15 is 4.39 Å². The molecule has 8 heteroatoms. The standard InChI is InChI=1S/C27H23ClFN5O/c1-2-17-6-3-8-19(14-17)31-27(35)34-13-11-23-20(16-34)25(24-21(28)9-4-10-22(24)29)33-26(32-23)18-7-5-12-30-15-18/h3-10,12,14-15H,2,11,13,16H2,1H3,(H,31,35). The summed E-state index contributed by atoms with van der Waals surface area (Å²) < 4.78 is 15.0. The van der Waals surface area contributed by atoms with Crippen molar-refractivity contribution < 1.29 is 9.18 Å². The van der Waals surface area contributed by atoms with Crippen LogP contribution in [0.5, 0.6) is 0 Å². The largest absolute Gasteiger partial charge is 0.322 e. The zero-order valence-electron chi connectivity index (χ0n) is 19.1. The van der Waals surface area contributed by atoms with Crippen LogP contribution in [-0.2, 0) is 19.4 Å². The predicted octanol–water partition coefficient (Wildman–Crippen LogP) is 6.15. The number of fused-ring (bicyclic) bond motifs is 1. The molecule has 176 valence electrons. The topological polar surface area (TPSA) is 71.0 Å². The van der Waals surface area contributed by atoms with Gasteiger partial charge in [0.25, 0.3) is 0 Å². The lowest BCUT2D eigenvalue weighted by molar-refractivity contribution is 0.206. The third-order valence-corrected chi connectivity index (χ3v) is 6.37. The number of pyridine rings is 1. The molecule has 1 aliphatic heterocycles. The van der Waals surface area contributed by atoms with E-state index in [9.17, 15) is 4.79 Å². The van der Waals surface area contributed by atoms with Crippen molar-refractivity contribution in [1.82, 2.24) is 19.9 Å².